The molecule has 7 heteroatoms. The molecule has 1 rings (SSSR count). The summed E-state index contributed by atoms with van der Waals surface area (Å²) in [7, 11) is -3.80. The molecule has 0 bridgehead atoms. The number of rotatable bonds is 7. The van der Waals surface area contributed by atoms with Crippen LogP contribution in [-0.4, -0.2) is 26.7 Å². The van der Waals surface area contributed by atoms with Crippen LogP contribution in [0.5, 0.6) is 0 Å². The van der Waals surface area contributed by atoms with Gasteiger partial charge < -0.3 is 5.11 Å². The van der Waals surface area contributed by atoms with Crippen LogP contribution in [0.15, 0.2) is 27.6 Å². The molecular weight excluding hydrogens is 325 g/mol. The molecule has 0 radical (unpaired) electrons. The molecule has 0 fully saturated rings. The van der Waals surface area contributed by atoms with Gasteiger partial charge in [-0.1, -0.05) is 15.9 Å². The molecule has 0 aliphatic heterocycles. The predicted molar refractivity (Wildman–Crippen MR) is 70.2 cm³/mol. The minimum absolute atomic E-state index is 0.0914. The van der Waals surface area contributed by atoms with Gasteiger partial charge in [-0.3, -0.25) is 0 Å². The second kappa shape index (κ2) is 7.18. The molecule has 0 aromatic heterocycles. The molecule has 18 heavy (non-hydrogen) atoms. The number of benzene rings is 1. The highest BCUT2D eigenvalue weighted by atomic mass is 79.9. The second-order valence-electron chi connectivity index (χ2n) is 3.76. The first kappa shape index (κ1) is 15.6. The molecule has 0 aliphatic carbocycles. The van der Waals surface area contributed by atoms with Crippen LogP contribution in [0.3, 0.4) is 0 Å². The molecule has 0 unspecified atom stereocenters. The Balaban J connectivity index is 2.63. The summed E-state index contributed by atoms with van der Waals surface area (Å²) >= 11 is 3.07. The third-order valence-electron chi connectivity index (χ3n) is 2.31. The highest BCUT2D eigenvalue weighted by Crippen LogP contribution is 2.19. The first-order valence-corrected chi connectivity index (χ1v) is 7.80. The van der Waals surface area contributed by atoms with E-state index >= 15 is 0 Å². The van der Waals surface area contributed by atoms with E-state index in [9.17, 15) is 12.8 Å². The average Bonchev–Trinajstić information content (AvgIpc) is 2.28. The molecule has 1 aromatic carbocycles. The second-order valence-corrected chi connectivity index (χ2v) is 6.41. The first-order chi connectivity index (χ1) is 8.47. The zero-order chi connectivity index (χ0) is 13.6. The van der Waals surface area contributed by atoms with Gasteiger partial charge in [0.15, 0.2) is 0 Å². The third kappa shape index (κ3) is 4.64. The van der Waals surface area contributed by atoms with Gasteiger partial charge in [0.25, 0.3) is 0 Å². The quantitative estimate of drug-likeness (QED) is 0.747. The summed E-state index contributed by atoms with van der Waals surface area (Å²) in [4.78, 5) is -0.354. The maximum absolute atomic E-state index is 13.5. The van der Waals surface area contributed by atoms with Crippen molar-refractivity contribution in [2.75, 3.05) is 13.2 Å². The summed E-state index contributed by atoms with van der Waals surface area (Å²) in [5, 5.41) is 8.57. The lowest BCUT2D eigenvalue weighted by molar-refractivity contribution is 0.283. The lowest BCUT2D eigenvalue weighted by Gasteiger charge is -2.07. The molecular formula is C11H15BrFNO3S. The van der Waals surface area contributed by atoms with Crippen LogP contribution in [0.4, 0.5) is 4.39 Å². The maximum Gasteiger partial charge on any atom is 0.243 e. The SMILES string of the molecule is O=S(=O)(NCCCCCO)c1ccc(Br)cc1F. The summed E-state index contributed by atoms with van der Waals surface area (Å²) in [6.45, 7) is 0.325. The lowest BCUT2D eigenvalue weighted by atomic mass is 10.2. The fourth-order valence-electron chi connectivity index (χ4n) is 1.39. The van der Waals surface area contributed by atoms with Gasteiger partial charge in [0, 0.05) is 17.6 Å². The number of hydrogen-bond donors (Lipinski definition) is 2. The van der Waals surface area contributed by atoms with Crippen molar-refractivity contribution in [2.45, 2.75) is 24.2 Å². The normalized spacial score (nSPS) is 11.7. The Bertz CT molecular complexity index is 493. The van der Waals surface area contributed by atoms with Crippen LogP contribution in [0, 0.1) is 5.82 Å². The van der Waals surface area contributed by atoms with E-state index in [-0.39, 0.29) is 18.0 Å². The number of unbranched alkanes of at least 4 members (excludes halogenated alkanes) is 2. The van der Waals surface area contributed by atoms with Gasteiger partial charge in [-0.15, -0.1) is 0 Å². The third-order valence-corrected chi connectivity index (χ3v) is 4.30. The van der Waals surface area contributed by atoms with E-state index in [0.29, 0.717) is 17.3 Å². The first-order valence-electron chi connectivity index (χ1n) is 5.53. The largest absolute Gasteiger partial charge is 0.396 e. The molecule has 1 aromatic rings. The van der Waals surface area contributed by atoms with E-state index in [1.165, 1.54) is 12.1 Å². The van der Waals surface area contributed by atoms with Crippen molar-refractivity contribution in [1.29, 1.82) is 0 Å². The molecule has 2 N–H and O–H groups in total. The maximum atomic E-state index is 13.5. The number of aliphatic hydroxyl groups is 1. The summed E-state index contributed by atoms with van der Waals surface area (Å²) < 4.78 is 39.9. The van der Waals surface area contributed by atoms with Crippen molar-refractivity contribution in [3.05, 3.63) is 28.5 Å². The lowest BCUT2D eigenvalue weighted by Crippen LogP contribution is -2.25. The number of sulfonamides is 1. The van der Waals surface area contributed by atoms with Gasteiger partial charge in [-0.05, 0) is 37.5 Å². The fourth-order valence-corrected chi connectivity index (χ4v) is 2.86. The van der Waals surface area contributed by atoms with Crippen LogP contribution >= 0.6 is 15.9 Å². The molecule has 0 aliphatic rings. The van der Waals surface area contributed by atoms with E-state index < -0.39 is 15.8 Å². The van der Waals surface area contributed by atoms with Crippen molar-refractivity contribution in [1.82, 2.24) is 4.72 Å². The Kier molecular flexibility index (Phi) is 6.20. The standard InChI is InChI=1S/C11H15BrFNO3S/c12-9-4-5-11(10(13)8-9)18(16,17)14-6-2-1-3-7-15/h4-5,8,14-15H,1-3,6-7H2. The Morgan fingerprint density at radius 1 is 1.28 bits per heavy atom. The van der Waals surface area contributed by atoms with Gasteiger partial charge in [0.1, 0.15) is 10.7 Å². The number of aliphatic hydroxyl groups excluding tert-OH is 1. The summed E-state index contributed by atoms with van der Waals surface area (Å²) in [5.41, 5.74) is 0. The average molecular weight is 340 g/mol. The number of nitrogens with one attached hydrogen (secondary N) is 1. The molecule has 0 amide bonds. The number of halogens is 2. The molecule has 0 atom stereocenters. The van der Waals surface area contributed by atoms with E-state index in [1.807, 2.05) is 0 Å². The molecule has 0 spiro atoms. The smallest absolute Gasteiger partial charge is 0.243 e. The monoisotopic (exact) mass is 339 g/mol. The van der Waals surface area contributed by atoms with Crippen LogP contribution in [-0.2, 0) is 10.0 Å². The molecule has 4 nitrogen and oxygen atoms in total. The Hall–Kier alpha value is -0.500. The summed E-state index contributed by atoms with van der Waals surface area (Å²) in [5.74, 6) is -0.785. The fraction of sp³-hybridized carbons (Fsp3) is 0.455. The molecule has 0 saturated heterocycles. The molecule has 102 valence electrons. The van der Waals surface area contributed by atoms with Gasteiger partial charge in [0.2, 0.25) is 10.0 Å². The predicted octanol–water partition coefficient (Wildman–Crippen LogP) is 2.03. The van der Waals surface area contributed by atoms with E-state index in [4.69, 9.17) is 5.11 Å². The van der Waals surface area contributed by atoms with Crippen LogP contribution in [0.1, 0.15) is 19.3 Å². The van der Waals surface area contributed by atoms with Gasteiger partial charge in [-0.25, -0.2) is 17.5 Å². The highest BCUT2D eigenvalue weighted by Gasteiger charge is 2.18. The van der Waals surface area contributed by atoms with E-state index in [2.05, 4.69) is 20.7 Å². The van der Waals surface area contributed by atoms with Crippen molar-refractivity contribution in [3.8, 4) is 0 Å². The zero-order valence-electron chi connectivity index (χ0n) is 9.70. The van der Waals surface area contributed by atoms with Crippen molar-refractivity contribution >= 4 is 26.0 Å². The number of hydrogen-bond acceptors (Lipinski definition) is 3. The Morgan fingerprint density at radius 2 is 2.00 bits per heavy atom. The Labute approximate surface area is 114 Å². The van der Waals surface area contributed by atoms with Crippen molar-refractivity contribution in [2.24, 2.45) is 0 Å². The van der Waals surface area contributed by atoms with Gasteiger partial charge >= 0.3 is 0 Å². The molecule has 0 saturated carbocycles. The minimum Gasteiger partial charge on any atom is -0.396 e. The Morgan fingerprint density at radius 3 is 2.61 bits per heavy atom. The van der Waals surface area contributed by atoms with Crippen molar-refractivity contribution in [3.63, 3.8) is 0 Å². The van der Waals surface area contributed by atoms with Crippen LogP contribution in [0.2, 0.25) is 0 Å². The van der Waals surface area contributed by atoms with E-state index in [0.717, 1.165) is 12.5 Å². The van der Waals surface area contributed by atoms with Gasteiger partial charge in [-0.2, -0.15) is 0 Å². The van der Waals surface area contributed by atoms with E-state index in [1.54, 1.807) is 0 Å². The zero-order valence-corrected chi connectivity index (χ0v) is 12.1. The van der Waals surface area contributed by atoms with Crippen LogP contribution < -0.4 is 4.72 Å². The molecule has 0 heterocycles. The van der Waals surface area contributed by atoms with Crippen LogP contribution in [0.25, 0.3) is 0 Å². The summed E-state index contributed by atoms with van der Waals surface area (Å²) in [6.07, 6.45) is 1.97. The summed E-state index contributed by atoms with van der Waals surface area (Å²) in [6, 6.07) is 3.80. The van der Waals surface area contributed by atoms with Gasteiger partial charge in [0.05, 0.1) is 0 Å². The topological polar surface area (TPSA) is 66.4 Å². The van der Waals surface area contributed by atoms with Crippen molar-refractivity contribution < 1.29 is 17.9 Å². The minimum atomic E-state index is -3.80. The highest BCUT2D eigenvalue weighted by molar-refractivity contribution is 9.10.